The van der Waals surface area contributed by atoms with Gasteiger partial charge in [-0.1, -0.05) is 0 Å². The highest BCUT2D eigenvalue weighted by molar-refractivity contribution is 9.10. The molecule has 0 bridgehead atoms. The Kier molecular flexibility index (Phi) is 4.96. The Bertz CT molecular complexity index is 702. The lowest BCUT2D eigenvalue weighted by atomic mass is 10.4. The largest absolute Gasteiger partial charge is 0.372 e. The Morgan fingerprint density at radius 2 is 2.24 bits per heavy atom. The summed E-state index contributed by atoms with van der Waals surface area (Å²) >= 11 is 3.24. The highest BCUT2D eigenvalue weighted by Crippen LogP contribution is 2.22. The zero-order valence-corrected chi connectivity index (χ0v) is 14.0. The number of imidazole rings is 1. The first kappa shape index (κ1) is 15.9. The maximum atomic E-state index is 12.5. The summed E-state index contributed by atoms with van der Waals surface area (Å²) in [5, 5.41) is 2.78. The summed E-state index contributed by atoms with van der Waals surface area (Å²) in [6, 6.07) is 1.23. The van der Waals surface area contributed by atoms with E-state index in [1.807, 2.05) is 4.57 Å². The van der Waals surface area contributed by atoms with Gasteiger partial charge in [0.1, 0.15) is 10.7 Å². The molecule has 0 fully saturated rings. The molecule has 2 rings (SSSR count). The summed E-state index contributed by atoms with van der Waals surface area (Å²) in [6.07, 6.45) is 6.62. The number of pyridine rings is 1. The van der Waals surface area contributed by atoms with Crippen LogP contribution < -0.4 is 10.0 Å². The summed E-state index contributed by atoms with van der Waals surface area (Å²) in [4.78, 5) is 8.09. The average Bonchev–Trinajstić information content (AvgIpc) is 2.90. The van der Waals surface area contributed by atoms with Crippen molar-refractivity contribution in [2.45, 2.75) is 24.4 Å². The van der Waals surface area contributed by atoms with Crippen LogP contribution in [0.4, 0.5) is 5.82 Å². The SMILES string of the molecule is CNc1ncc(Br)cc1S(=O)(=O)NC(C)Cn1ccnc1. The smallest absolute Gasteiger partial charge is 0.244 e. The second-order valence-corrected chi connectivity index (χ2v) is 7.13. The van der Waals surface area contributed by atoms with Crippen molar-refractivity contribution in [3.05, 3.63) is 35.5 Å². The van der Waals surface area contributed by atoms with E-state index in [0.29, 0.717) is 16.8 Å². The minimum absolute atomic E-state index is 0.108. The van der Waals surface area contributed by atoms with Crippen molar-refractivity contribution in [1.29, 1.82) is 0 Å². The first-order valence-electron chi connectivity index (χ1n) is 6.24. The highest BCUT2D eigenvalue weighted by atomic mass is 79.9. The highest BCUT2D eigenvalue weighted by Gasteiger charge is 2.22. The van der Waals surface area contributed by atoms with Crippen LogP contribution >= 0.6 is 15.9 Å². The molecule has 0 saturated heterocycles. The Morgan fingerprint density at radius 3 is 2.86 bits per heavy atom. The molecule has 1 unspecified atom stereocenters. The molecule has 0 amide bonds. The summed E-state index contributed by atoms with van der Waals surface area (Å²) in [5.74, 6) is 0.306. The predicted molar refractivity (Wildman–Crippen MR) is 83.5 cm³/mol. The van der Waals surface area contributed by atoms with Crippen LogP contribution in [0.5, 0.6) is 0 Å². The molecular formula is C12H16BrN5O2S. The van der Waals surface area contributed by atoms with Crippen molar-refractivity contribution < 1.29 is 8.42 Å². The van der Waals surface area contributed by atoms with Crippen LogP contribution in [0, 0.1) is 0 Å². The summed E-state index contributed by atoms with van der Waals surface area (Å²) in [6.45, 7) is 2.29. The van der Waals surface area contributed by atoms with E-state index in [0.717, 1.165) is 0 Å². The molecule has 114 valence electrons. The zero-order chi connectivity index (χ0) is 15.5. The monoisotopic (exact) mass is 373 g/mol. The minimum Gasteiger partial charge on any atom is -0.372 e. The van der Waals surface area contributed by atoms with Gasteiger partial charge in [-0.2, -0.15) is 0 Å². The third-order valence-electron chi connectivity index (χ3n) is 2.75. The first-order valence-corrected chi connectivity index (χ1v) is 8.51. The fourth-order valence-corrected chi connectivity index (χ4v) is 3.80. The van der Waals surface area contributed by atoms with Gasteiger partial charge >= 0.3 is 0 Å². The maximum absolute atomic E-state index is 12.5. The van der Waals surface area contributed by atoms with Crippen LogP contribution in [0.1, 0.15) is 6.92 Å². The van der Waals surface area contributed by atoms with Crippen LogP contribution in [0.2, 0.25) is 0 Å². The van der Waals surface area contributed by atoms with Gasteiger partial charge in [0.05, 0.1) is 6.33 Å². The lowest BCUT2D eigenvalue weighted by Gasteiger charge is -2.16. The molecule has 0 saturated carbocycles. The molecule has 2 aromatic rings. The molecule has 7 nitrogen and oxygen atoms in total. The van der Waals surface area contributed by atoms with E-state index in [4.69, 9.17) is 0 Å². The van der Waals surface area contributed by atoms with Crippen molar-refractivity contribution in [2.75, 3.05) is 12.4 Å². The molecule has 0 aliphatic rings. The Labute approximate surface area is 132 Å². The molecule has 2 aromatic heterocycles. The number of hydrogen-bond acceptors (Lipinski definition) is 5. The molecule has 21 heavy (non-hydrogen) atoms. The van der Waals surface area contributed by atoms with Gasteiger partial charge in [-0.25, -0.2) is 23.1 Å². The van der Waals surface area contributed by atoms with Crippen molar-refractivity contribution in [2.24, 2.45) is 0 Å². The van der Waals surface area contributed by atoms with Gasteiger partial charge in [0, 0.05) is 42.7 Å². The number of rotatable bonds is 6. The van der Waals surface area contributed by atoms with Crippen molar-refractivity contribution in [1.82, 2.24) is 19.3 Å². The van der Waals surface area contributed by atoms with Crippen LogP contribution in [-0.2, 0) is 16.6 Å². The van der Waals surface area contributed by atoms with Crippen LogP contribution in [0.3, 0.4) is 0 Å². The number of aromatic nitrogens is 3. The number of nitrogens with one attached hydrogen (secondary N) is 2. The Hall–Kier alpha value is -1.45. The fourth-order valence-electron chi connectivity index (χ4n) is 1.89. The number of nitrogens with zero attached hydrogens (tertiary/aromatic N) is 3. The van der Waals surface area contributed by atoms with E-state index in [1.54, 1.807) is 38.9 Å². The first-order chi connectivity index (χ1) is 9.92. The van der Waals surface area contributed by atoms with Gasteiger partial charge in [0.2, 0.25) is 10.0 Å². The normalized spacial score (nSPS) is 13.1. The number of hydrogen-bond donors (Lipinski definition) is 2. The molecule has 2 N–H and O–H groups in total. The fraction of sp³-hybridized carbons (Fsp3) is 0.333. The van der Waals surface area contributed by atoms with Gasteiger partial charge in [-0.15, -0.1) is 0 Å². The second-order valence-electron chi connectivity index (χ2n) is 4.53. The van der Waals surface area contributed by atoms with E-state index in [-0.39, 0.29) is 10.9 Å². The topological polar surface area (TPSA) is 88.9 Å². The summed E-state index contributed by atoms with van der Waals surface area (Å²) < 4.78 is 30.0. The molecule has 0 aromatic carbocycles. The maximum Gasteiger partial charge on any atom is 0.244 e. The lowest BCUT2D eigenvalue weighted by Crippen LogP contribution is -2.35. The molecule has 0 radical (unpaired) electrons. The third kappa shape index (κ3) is 4.02. The predicted octanol–water partition coefficient (Wildman–Crippen LogP) is 1.45. The number of anilines is 1. The van der Waals surface area contributed by atoms with Crippen LogP contribution in [0.15, 0.2) is 40.4 Å². The Morgan fingerprint density at radius 1 is 1.48 bits per heavy atom. The molecule has 0 aliphatic carbocycles. The van der Waals surface area contributed by atoms with Crippen molar-refractivity contribution in [3.63, 3.8) is 0 Å². The summed E-state index contributed by atoms with van der Waals surface area (Å²) in [5.41, 5.74) is 0. The van der Waals surface area contributed by atoms with E-state index in [2.05, 4.69) is 35.9 Å². The van der Waals surface area contributed by atoms with Crippen LogP contribution in [0.25, 0.3) is 0 Å². The Balaban J connectivity index is 2.20. The van der Waals surface area contributed by atoms with E-state index >= 15 is 0 Å². The average molecular weight is 374 g/mol. The van der Waals surface area contributed by atoms with E-state index in [9.17, 15) is 8.42 Å². The number of sulfonamides is 1. The van der Waals surface area contributed by atoms with Gasteiger partial charge in [-0.3, -0.25) is 0 Å². The summed E-state index contributed by atoms with van der Waals surface area (Å²) in [7, 11) is -2.04. The molecule has 0 aliphatic heterocycles. The van der Waals surface area contributed by atoms with E-state index < -0.39 is 10.0 Å². The molecular weight excluding hydrogens is 358 g/mol. The zero-order valence-electron chi connectivity index (χ0n) is 11.6. The molecule has 9 heteroatoms. The third-order valence-corrected chi connectivity index (χ3v) is 4.78. The standard InChI is InChI=1S/C12H16BrN5O2S/c1-9(7-18-4-3-15-8-18)17-21(19,20)11-5-10(13)6-16-12(11)14-2/h3-6,8-9,17H,7H2,1-2H3,(H,14,16). The molecule has 1 atom stereocenters. The number of halogens is 1. The lowest BCUT2D eigenvalue weighted by molar-refractivity contribution is 0.520. The van der Waals surface area contributed by atoms with Crippen molar-refractivity contribution in [3.8, 4) is 0 Å². The second kappa shape index (κ2) is 6.54. The van der Waals surface area contributed by atoms with Gasteiger partial charge in [0.15, 0.2) is 0 Å². The van der Waals surface area contributed by atoms with Gasteiger partial charge in [-0.05, 0) is 28.9 Å². The van der Waals surface area contributed by atoms with Gasteiger partial charge < -0.3 is 9.88 Å². The van der Waals surface area contributed by atoms with Gasteiger partial charge in [0.25, 0.3) is 0 Å². The minimum atomic E-state index is -3.67. The van der Waals surface area contributed by atoms with Crippen LogP contribution in [-0.4, -0.2) is 36.0 Å². The van der Waals surface area contributed by atoms with E-state index in [1.165, 1.54) is 6.07 Å². The molecule has 0 spiro atoms. The quantitative estimate of drug-likeness (QED) is 0.799. The van der Waals surface area contributed by atoms with Crippen molar-refractivity contribution >= 4 is 31.8 Å². The molecule has 2 heterocycles.